The molecule has 20 heavy (non-hydrogen) atoms. The third-order valence-corrected chi connectivity index (χ3v) is 3.30. The summed E-state index contributed by atoms with van der Waals surface area (Å²) in [5, 5.41) is 18.2. The first-order valence-electron chi connectivity index (χ1n) is 6.33. The van der Waals surface area contributed by atoms with Crippen LogP contribution < -0.4 is 0 Å². The van der Waals surface area contributed by atoms with Gasteiger partial charge in [-0.25, -0.2) is 4.39 Å². The van der Waals surface area contributed by atoms with Gasteiger partial charge in [0.25, 0.3) is 0 Å². The molecule has 0 spiro atoms. The van der Waals surface area contributed by atoms with E-state index in [1.54, 1.807) is 13.0 Å². The molecule has 0 aliphatic heterocycles. The summed E-state index contributed by atoms with van der Waals surface area (Å²) in [6.45, 7) is 1.73. The molecule has 2 nitrogen and oxygen atoms in total. The highest BCUT2D eigenvalue weighted by Gasteiger charge is 2.09. The highest BCUT2D eigenvalue weighted by Crippen LogP contribution is 2.19. The van der Waals surface area contributed by atoms with Gasteiger partial charge < -0.3 is 0 Å². The summed E-state index contributed by atoms with van der Waals surface area (Å²) in [5.74, 6) is -0.329. The summed E-state index contributed by atoms with van der Waals surface area (Å²) in [6, 6.07) is 14.4. The molecule has 2 rings (SSSR count). The van der Waals surface area contributed by atoms with Gasteiger partial charge in [-0.05, 0) is 54.7 Å². The van der Waals surface area contributed by atoms with Crippen molar-refractivity contribution in [3.8, 4) is 12.1 Å². The van der Waals surface area contributed by atoms with Crippen LogP contribution in [0.5, 0.6) is 0 Å². The molecule has 2 aromatic rings. The zero-order valence-electron chi connectivity index (χ0n) is 11.2. The van der Waals surface area contributed by atoms with E-state index >= 15 is 0 Å². The fourth-order valence-electron chi connectivity index (χ4n) is 2.29. The average Bonchev–Trinajstić information content (AvgIpc) is 2.45. The Morgan fingerprint density at radius 3 is 2.40 bits per heavy atom. The van der Waals surface area contributed by atoms with Crippen molar-refractivity contribution in [2.24, 2.45) is 0 Å². The van der Waals surface area contributed by atoms with Gasteiger partial charge >= 0.3 is 0 Å². The molecular weight excluding hydrogens is 251 g/mol. The lowest BCUT2D eigenvalue weighted by Gasteiger charge is -2.08. The maximum Gasteiger partial charge on any atom is 0.123 e. The van der Waals surface area contributed by atoms with Crippen LogP contribution in [-0.2, 0) is 12.8 Å². The highest BCUT2D eigenvalue weighted by atomic mass is 19.1. The maximum atomic E-state index is 13.5. The molecule has 0 aliphatic carbocycles. The van der Waals surface area contributed by atoms with Crippen molar-refractivity contribution in [1.29, 1.82) is 10.5 Å². The van der Waals surface area contributed by atoms with Gasteiger partial charge in [-0.2, -0.15) is 10.5 Å². The Balaban J connectivity index is 2.28. The van der Waals surface area contributed by atoms with Crippen molar-refractivity contribution >= 4 is 0 Å². The lowest BCUT2D eigenvalue weighted by Crippen LogP contribution is -1.99. The van der Waals surface area contributed by atoms with E-state index in [0.29, 0.717) is 35.1 Å². The van der Waals surface area contributed by atoms with E-state index in [2.05, 4.69) is 12.1 Å². The van der Waals surface area contributed by atoms with E-state index in [4.69, 9.17) is 10.5 Å². The van der Waals surface area contributed by atoms with Crippen molar-refractivity contribution in [2.75, 3.05) is 0 Å². The summed E-state index contributed by atoms with van der Waals surface area (Å²) >= 11 is 0. The minimum atomic E-state index is -0.329. The predicted octanol–water partition coefficient (Wildman–Crippen LogP) is 3.66. The molecule has 0 saturated heterocycles. The third-order valence-electron chi connectivity index (χ3n) is 3.30. The van der Waals surface area contributed by atoms with Crippen LogP contribution in [0.4, 0.5) is 4.39 Å². The number of nitriles is 2. The van der Waals surface area contributed by atoms with Crippen molar-refractivity contribution < 1.29 is 4.39 Å². The minimum Gasteiger partial charge on any atom is -0.207 e. The van der Waals surface area contributed by atoms with E-state index in [1.165, 1.54) is 12.1 Å². The smallest absolute Gasteiger partial charge is 0.123 e. The first-order valence-corrected chi connectivity index (χ1v) is 6.33. The summed E-state index contributed by atoms with van der Waals surface area (Å²) in [4.78, 5) is 0. The Morgan fingerprint density at radius 1 is 1.00 bits per heavy atom. The largest absolute Gasteiger partial charge is 0.207 e. The topological polar surface area (TPSA) is 47.6 Å². The molecule has 0 heterocycles. The molecule has 0 bridgehead atoms. The van der Waals surface area contributed by atoms with E-state index in [-0.39, 0.29) is 5.82 Å². The first kappa shape index (κ1) is 13.8. The SMILES string of the molecule is Cc1cc(F)cc(CCc2ccccc2C#N)c1C#N. The van der Waals surface area contributed by atoms with Crippen LogP contribution in [0.25, 0.3) is 0 Å². The quantitative estimate of drug-likeness (QED) is 0.849. The fraction of sp³-hybridized carbons (Fsp3) is 0.176. The van der Waals surface area contributed by atoms with E-state index in [0.717, 1.165) is 5.56 Å². The highest BCUT2D eigenvalue weighted by molar-refractivity contribution is 5.45. The molecular formula is C17H13FN2. The van der Waals surface area contributed by atoms with E-state index < -0.39 is 0 Å². The van der Waals surface area contributed by atoms with Gasteiger partial charge in [0.2, 0.25) is 0 Å². The number of halogens is 1. The van der Waals surface area contributed by atoms with E-state index in [9.17, 15) is 4.39 Å². The molecule has 0 atom stereocenters. The van der Waals surface area contributed by atoms with Gasteiger partial charge in [-0.3, -0.25) is 0 Å². The number of rotatable bonds is 3. The predicted molar refractivity (Wildman–Crippen MR) is 74.4 cm³/mol. The molecule has 0 unspecified atom stereocenters. The summed E-state index contributed by atoms with van der Waals surface area (Å²) < 4.78 is 13.5. The first-order chi connectivity index (χ1) is 9.65. The van der Waals surface area contributed by atoms with Gasteiger partial charge in [0.15, 0.2) is 0 Å². The van der Waals surface area contributed by atoms with Crippen LogP contribution in [0.1, 0.15) is 27.8 Å². The third kappa shape index (κ3) is 2.84. The molecule has 0 saturated carbocycles. The van der Waals surface area contributed by atoms with Crippen molar-refractivity contribution in [3.05, 3.63) is 70.0 Å². The van der Waals surface area contributed by atoms with Crippen molar-refractivity contribution in [2.45, 2.75) is 19.8 Å². The molecule has 0 N–H and O–H groups in total. The van der Waals surface area contributed by atoms with Crippen LogP contribution in [0.15, 0.2) is 36.4 Å². The van der Waals surface area contributed by atoms with Gasteiger partial charge in [-0.1, -0.05) is 18.2 Å². The van der Waals surface area contributed by atoms with Gasteiger partial charge in [0.05, 0.1) is 23.3 Å². The van der Waals surface area contributed by atoms with E-state index in [1.807, 2.05) is 18.2 Å². The molecule has 3 heteroatoms. The monoisotopic (exact) mass is 264 g/mol. The molecule has 0 fully saturated rings. The second-order valence-electron chi connectivity index (χ2n) is 4.64. The Morgan fingerprint density at radius 2 is 1.70 bits per heavy atom. The van der Waals surface area contributed by atoms with Crippen LogP contribution >= 0.6 is 0 Å². The Hall–Kier alpha value is -2.65. The Labute approximate surface area is 117 Å². The molecule has 0 amide bonds. The molecule has 98 valence electrons. The second kappa shape index (κ2) is 5.99. The van der Waals surface area contributed by atoms with Crippen LogP contribution in [0.3, 0.4) is 0 Å². The molecule has 0 aromatic heterocycles. The molecule has 0 aliphatic rings. The summed E-state index contributed by atoms with van der Waals surface area (Å²) in [5.41, 5.74) is 3.41. The fourth-order valence-corrected chi connectivity index (χ4v) is 2.29. The number of hydrogen-bond donors (Lipinski definition) is 0. The lowest BCUT2D eigenvalue weighted by molar-refractivity contribution is 0.623. The number of aryl methyl sites for hydroxylation is 3. The van der Waals surface area contributed by atoms with Gasteiger partial charge in [0.1, 0.15) is 5.82 Å². The van der Waals surface area contributed by atoms with Crippen molar-refractivity contribution in [3.63, 3.8) is 0 Å². The number of benzene rings is 2. The minimum absolute atomic E-state index is 0.329. The number of hydrogen-bond acceptors (Lipinski definition) is 2. The van der Waals surface area contributed by atoms with Gasteiger partial charge in [-0.15, -0.1) is 0 Å². The normalized spacial score (nSPS) is 9.80. The maximum absolute atomic E-state index is 13.5. The number of nitrogens with zero attached hydrogens (tertiary/aromatic N) is 2. The Kier molecular flexibility index (Phi) is 4.13. The molecule has 0 radical (unpaired) electrons. The van der Waals surface area contributed by atoms with Gasteiger partial charge in [0, 0.05) is 0 Å². The molecule has 2 aromatic carbocycles. The van der Waals surface area contributed by atoms with Crippen LogP contribution in [0, 0.1) is 35.4 Å². The Bertz CT molecular complexity index is 721. The lowest BCUT2D eigenvalue weighted by atomic mass is 9.95. The van der Waals surface area contributed by atoms with Crippen molar-refractivity contribution in [1.82, 2.24) is 0 Å². The zero-order chi connectivity index (χ0) is 14.5. The standard InChI is InChI=1S/C17H13FN2/c1-12-8-16(18)9-14(17(12)11-20)7-6-13-4-2-3-5-15(13)10-19/h2-5,8-9H,6-7H2,1H3. The second-order valence-corrected chi connectivity index (χ2v) is 4.64. The summed E-state index contributed by atoms with van der Waals surface area (Å²) in [6.07, 6.45) is 1.15. The summed E-state index contributed by atoms with van der Waals surface area (Å²) in [7, 11) is 0. The van der Waals surface area contributed by atoms with Crippen LogP contribution in [-0.4, -0.2) is 0 Å². The average molecular weight is 264 g/mol. The van der Waals surface area contributed by atoms with Crippen LogP contribution in [0.2, 0.25) is 0 Å². The zero-order valence-corrected chi connectivity index (χ0v) is 11.2.